The van der Waals surface area contributed by atoms with Crippen LogP contribution in [0.4, 0.5) is 4.79 Å². The number of amides is 2. The molecule has 0 bridgehead atoms. The van der Waals surface area contributed by atoms with E-state index in [1.807, 2.05) is 24.3 Å². The number of carbonyl (C=O) groups is 3. The van der Waals surface area contributed by atoms with Crippen LogP contribution < -0.4 is 10.6 Å². The average molecular weight is 450 g/mol. The number of alkyl carbamates (subject to hydrolysis) is 1. The number of hydrogen-bond donors (Lipinski definition) is 3. The van der Waals surface area contributed by atoms with Crippen LogP contribution in [0.2, 0.25) is 0 Å². The third-order valence-corrected chi connectivity index (χ3v) is 6.83. The van der Waals surface area contributed by atoms with Crippen molar-refractivity contribution in [2.75, 3.05) is 13.2 Å². The standard InChI is InChI=1S/C25H26N2O6/c28-23(26-15-11-14(12-15)24(29)30)22-21(9-10-32-22)27-25(31)33-13-20-18-7-3-1-5-16(18)17-6-2-4-8-19(17)20/h1-8,14-15,20-22H,9-13H2,(H,26,28)(H,27,31)(H,29,30)/t14?,15?,21-,22+/m1/s1. The third kappa shape index (κ3) is 4.18. The van der Waals surface area contributed by atoms with Gasteiger partial charge in [0.05, 0.1) is 12.0 Å². The predicted octanol–water partition coefficient (Wildman–Crippen LogP) is 2.66. The molecule has 1 heterocycles. The summed E-state index contributed by atoms with van der Waals surface area (Å²) < 4.78 is 11.1. The van der Waals surface area contributed by atoms with Crippen molar-refractivity contribution in [2.24, 2.45) is 5.92 Å². The van der Waals surface area contributed by atoms with Gasteiger partial charge in [-0.1, -0.05) is 48.5 Å². The predicted molar refractivity (Wildman–Crippen MR) is 119 cm³/mol. The minimum absolute atomic E-state index is 0.0390. The molecule has 3 aliphatic rings. The van der Waals surface area contributed by atoms with Crippen LogP contribution in [-0.4, -0.2) is 54.5 Å². The molecule has 0 spiro atoms. The number of benzene rings is 2. The number of carboxylic acids is 1. The van der Waals surface area contributed by atoms with Crippen LogP contribution in [0.1, 0.15) is 36.3 Å². The lowest BCUT2D eigenvalue weighted by molar-refractivity contribution is -0.147. The quantitative estimate of drug-likeness (QED) is 0.624. The molecule has 2 aliphatic carbocycles. The Bertz CT molecular complexity index is 1030. The van der Waals surface area contributed by atoms with Crippen molar-refractivity contribution in [2.45, 2.75) is 43.4 Å². The van der Waals surface area contributed by atoms with Gasteiger partial charge in [0.25, 0.3) is 5.91 Å². The van der Waals surface area contributed by atoms with Crippen molar-refractivity contribution in [1.29, 1.82) is 0 Å². The normalized spacial score (nSPS) is 25.5. The average Bonchev–Trinajstić information content (AvgIpc) is 3.36. The summed E-state index contributed by atoms with van der Waals surface area (Å²) in [5.41, 5.74) is 4.58. The molecule has 1 saturated heterocycles. The SMILES string of the molecule is O=C(N[C@@H]1CCO[C@@H]1C(=O)NC1CC(C(=O)O)C1)OCC1c2ccccc2-c2ccccc21. The molecule has 8 heteroatoms. The maximum Gasteiger partial charge on any atom is 0.407 e. The molecule has 172 valence electrons. The zero-order chi connectivity index (χ0) is 22.9. The monoisotopic (exact) mass is 450 g/mol. The third-order valence-electron chi connectivity index (χ3n) is 6.83. The van der Waals surface area contributed by atoms with Gasteiger partial charge in [0.2, 0.25) is 0 Å². The molecule has 1 aliphatic heterocycles. The number of fused-ring (bicyclic) bond motifs is 3. The lowest BCUT2D eigenvalue weighted by Crippen LogP contribution is -2.54. The highest BCUT2D eigenvalue weighted by molar-refractivity contribution is 5.84. The topological polar surface area (TPSA) is 114 Å². The molecular weight excluding hydrogens is 424 g/mol. The van der Waals surface area contributed by atoms with Crippen molar-refractivity contribution in [3.63, 3.8) is 0 Å². The van der Waals surface area contributed by atoms with Gasteiger partial charge in [0.1, 0.15) is 6.61 Å². The van der Waals surface area contributed by atoms with Crippen molar-refractivity contribution >= 4 is 18.0 Å². The lowest BCUT2D eigenvalue weighted by Gasteiger charge is -2.34. The van der Waals surface area contributed by atoms with E-state index in [1.165, 1.54) is 0 Å². The smallest absolute Gasteiger partial charge is 0.407 e. The first-order chi connectivity index (χ1) is 16.0. The number of aliphatic carboxylic acids is 1. The van der Waals surface area contributed by atoms with Gasteiger partial charge in [-0.3, -0.25) is 9.59 Å². The maximum atomic E-state index is 12.6. The minimum atomic E-state index is -0.840. The van der Waals surface area contributed by atoms with E-state index in [0.29, 0.717) is 25.9 Å². The van der Waals surface area contributed by atoms with Crippen LogP contribution in [0.5, 0.6) is 0 Å². The Morgan fingerprint density at radius 3 is 2.24 bits per heavy atom. The van der Waals surface area contributed by atoms with Crippen LogP contribution in [0.25, 0.3) is 11.1 Å². The number of carbonyl (C=O) groups excluding carboxylic acids is 2. The van der Waals surface area contributed by atoms with Gasteiger partial charge in [-0.2, -0.15) is 0 Å². The highest BCUT2D eigenvalue weighted by Gasteiger charge is 2.40. The fraction of sp³-hybridized carbons (Fsp3) is 0.400. The molecular formula is C25H26N2O6. The Morgan fingerprint density at radius 2 is 1.61 bits per heavy atom. The summed E-state index contributed by atoms with van der Waals surface area (Å²) in [6, 6.07) is 15.6. The molecule has 2 aromatic carbocycles. The highest BCUT2D eigenvalue weighted by Crippen LogP contribution is 2.44. The van der Waals surface area contributed by atoms with Crippen LogP contribution in [0, 0.1) is 5.92 Å². The summed E-state index contributed by atoms with van der Waals surface area (Å²) in [5.74, 6) is -1.62. The van der Waals surface area contributed by atoms with Gasteiger partial charge < -0.3 is 25.2 Å². The van der Waals surface area contributed by atoms with E-state index in [9.17, 15) is 14.4 Å². The van der Waals surface area contributed by atoms with Gasteiger partial charge >= 0.3 is 12.1 Å². The Balaban J connectivity index is 1.16. The Hall–Kier alpha value is -3.39. The van der Waals surface area contributed by atoms with Crippen LogP contribution in [0.3, 0.4) is 0 Å². The molecule has 0 unspecified atom stereocenters. The second-order valence-electron chi connectivity index (χ2n) is 8.87. The Labute approximate surface area is 191 Å². The molecule has 5 rings (SSSR count). The van der Waals surface area contributed by atoms with Crippen molar-refractivity contribution in [3.05, 3.63) is 59.7 Å². The number of ether oxygens (including phenoxy) is 2. The van der Waals surface area contributed by atoms with Crippen molar-refractivity contribution in [3.8, 4) is 11.1 Å². The maximum absolute atomic E-state index is 12.6. The molecule has 0 radical (unpaired) electrons. The number of carboxylic acid groups (broad SMARTS) is 1. The molecule has 1 saturated carbocycles. The van der Waals surface area contributed by atoms with Gasteiger partial charge in [-0.15, -0.1) is 0 Å². The Morgan fingerprint density at radius 1 is 0.970 bits per heavy atom. The zero-order valence-corrected chi connectivity index (χ0v) is 18.0. The van der Waals surface area contributed by atoms with E-state index in [1.54, 1.807) is 0 Å². The summed E-state index contributed by atoms with van der Waals surface area (Å²) >= 11 is 0. The number of rotatable bonds is 6. The molecule has 2 fully saturated rings. The first-order valence-electron chi connectivity index (χ1n) is 11.3. The fourth-order valence-corrected chi connectivity index (χ4v) is 5.01. The van der Waals surface area contributed by atoms with Crippen LogP contribution in [-0.2, 0) is 19.1 Å². The molecule has 33 heavy (non-hydrogen) atoms. The van der Waals surface area contributed by atoms with Crippen molar-refractivity contribution in [1.82, 2.24) is 10.6 Å². The summed E-state index contributed by atoms with van der Waals surface area (Å²) in [5, 5.41) is 14.6. The molecule has 3 N–H and O–H groups in total. The second kappa shape index (κ2) is 8.86. The van der Waals surface area contributed by atoms with E-state index < -0.39 is 30.1 Å². The number of hydrogen-bond acceptors (Lipinski definition) is 5. The molecule has 0 aromatic heterocycles. The Kier molecular flexibility index (Phi) is 5.76. The van der Waals surface area contributed by atoms with Crippen LogP contribution >= 0.6 is 0 Å². The minimum Gasteiger partial charge on any atom is -0.481 e. The molecule has 2 aromatic rings. The van der Waals surface area contributed by atoms with E-state index in [0.717, 1.165) is 22.3 Å². The molecule has 2 atom stereocenters. The van der Waals surface area contributed by atoms with Crippen molar-refractivity contribution < 1.29 is 29.0 Å². The van der Waals surface area contributed by atoms with E-state index in [-0.39, 0.29) is 24.5 Å². The molecule has 8 nitrogen and oxygen atoms in total. The largest absolute Gasteiger partial charge is 0.481 e. The highest BCUT2D eigenvalue weighted by atomic mass is 16.6. The summed E-state index contributed by atoms with van der Waals surface area (Å²) in [6.07, 6.45) is -0.0598. The fourth-order valence-electron chi connectivity index (χ4n) is 5.01. The number of nitrogens with one attached hydrogen (secondary N) is 2. The first kappa shape index (κ1) is 21.5. The van der Waals surface area contributed by atoms with Gasteiger partial charge in [0.15, 0.2) is 6.10 Å². The van der Waals surface area contributed by atoms with Crippen LogP contribution in [0.15, 0.2) is 48.5 Å². The summed E-state index contributed by atoms with van der Waals surface area (Å²) in [6.45, 7) is 0.553. The van der Waals surface area contributed by atoms with Gasteiger partial charge in [-0.25, -0.2) is 4.79 Å². The summed E-state index contributed by atoms with van der Waals surface area (Å²) in [7, 11) is 0. The van der Waals surface area contributed by atoms with Gasteiger partial charge in [-0.05, 0) is 41.5 Å². The van der Waals surface area contributed by atoms with E-state index >= 15 is 0 Å². The zero-order valence-electron chi connectivity index (χ0n) is 18.0. The van der Waals surface area contributed by atoms with E-state index in [2.05, 4.69) is 34.9 Å². The summed E-state index contributed by atoms with van der Waals surface area (Å²) in [4.78, 5) is 36.1. The molecule has 2 amide bonds. The first-order valence-corrected chi connectivity index (χ1v) is 11.3. The lowest BCUT2D eigenvalue weighted by atomic mass is 9.80. The van der Waals surface area contributed by atoms with E-state index in [4.69, 9.17) is 14.6 Å². The second-order valence-corrected chi connectivity index (χ2v) is 8.87. The van der Waals surface area contributed by atoms with Gasteiger partial charge in [0, 0.05) is 18.6 Å².